The first-order valence-corrected chi connectivity index (χ1v) is 21.3. The minimum absolute atomic E-state index is 0.00188. The fourth-order valence-corrected chi connectivity index (χ4v) is 7.63. The van der Waals surface area contributed by atoms with Crippen LogP contribution in [-0.2, 0) is 14.3 Å². The summed E-state index contributed by atoms with van der Waals surface area (Å²) in [4.78, 5) is 24.5. The first-order valence-electron chi connectivity index (χ1n) is 21.3. The summed E-state index contributed by atoms with van der Waals surface area (Å²) in [5.74, 6) is -0.131. The Labute approximate surface area is 326 Å². The smallest absolute Gasteiger partial charge is 0.305 e. The lowest BCUT2D eigenvalue weighted by Crippen LogP contribution is -2.52. The van der Waals surface area contributed by atoms with Crippen LogP contribution in [0, 0.1) is 11.3 Å². The Hall–Kier alpha value is -2.50. The molecule has 0 amide bonds. The van der Waals surface area contributed by atoms with Crippen LogP contribution in [0.4, 0.5) is 0 Å². The fraction of sp³-hybridized carbons (Fsp3) is 0.708. The molecule has 0 aromatic heterocycles. The van der Waals surface area contributed by atoms with Crippen LogP contribution < -0.4 is 0 Å². The van der Waals surface area contributed by atoms with Crippen LogP contribution >= 0.6 is 0 Å². The third-order valence-corrected chi connectivity index (χ3v) is 11.7. The van der Waals surface area contributed by atoms with Crippen molar-refractivity contribution in [2.24, 2.45) is 11.3 Å². The fourth-order valence-electron chi connectivity index (χ4n) is 7.63. The molecule has 0 spiro atoms. The summed E-state index contributed by atoms with van der Waals surface area (Å²) in [5.41, 5.74) is 4.07. The number of aliphatic hydroxyl groups excluding tert-OH is 1. The SMILES string of the molecule is CCCCCC=CCC=CCCCCCCCC(=O)OCCCC1C(=C(C)C=O)CCC(C)(O)C1(C)CCC=C(C)C(O)CC=C(C)CCC=C(C)C. The lowest BCUT2D eigenvalue weighted by molar-refractivity contribution is -0.144. The molecule has 4 unspecified atom stereocenters. The molecular formula is C48H80O5. The Balaban J connectivity index is 2.58. The van der Waals surface area contributed by atoms with Gasteiger partial charge < -0.3 is 14.9 Å². The first kappa shape index (κ1) is 48.5. The molecule has 2 N–H and O–H groups in total. The van der Waals surface area contributed by atoms with E-state index in [1.165, 1.54) is 49.7 Å². The van der Waals surface area contributed by atoms with Gasteiger partial charge in [-0.2, -0.15) is 0 Å². The maximum Gasteiger partial charge on any atom is 0.305 e. The van der Waals surface area contributed by atoms with Gasteiger partial charge in [-0.3, -0.25) is 9.59 Å². The van der Waals surface area contributed by atoms with Crippen LogP contribution in [-0.4, -0.2) is 40.8 Å². The molecule has 1 aliphatic carbocycles. The number of ether oxygens (including phenoxy) is 1. The monoisotopic (exact) mass is 737 g/mol. The molecule has 0 bridgehead atoms. The number of carbonyl (C=O) groups excluding carboxylic acids is 2. The zero-order valence-electron chi connectivity index (χ0n) is 35.4. The van der Waals surface area contributed by atoms with Gasteiger partial charge in [0, 0.05) is 11.8 Å². The Morgan fingerprint density at radius 3 is 2.15 bits per heavy atom. The van der Waals surface area contributed by atoms with E-state index in [9.17, 15) is 19.8 Å². The summed E-state index contributed by atoms with van der Waals surface area (Å²) < 4.78 is 5.66. The maximum absolute atomic E-state index is 12.5. The molecule has 5 nitrogen and oxygen atoms in total. The Kier molecular flexibility index (Phi) is 25.6. The number of rotatable bonds is 28. The predicted octanol–water partition coefficient (Wildman–Crippen LogP) is 13.0. The normalized spacial score (nSPS) is 22.7. The number of unbranched alkanes of at least 4 members (excludes halogenated alkanes) is 8. The van der Waals surface area contributed by atoms with Gasteiger partial charge in [0.05, 0.1) is 18.3 Å². The van der Waals surface area contributed by atoms with Crippen molar-refractivity contribution in [3.05, 3.63) is 70.4 Å². The van der Waals surface area contributed by atoms with E-state index in [4.69, 9.17) is 4.74 Å². The number of aldehydes is 1. The summed E-state index contributed by atoms with van der Waals surface area (Å²) in [6.07, 6.45) is 36.0. The molecule has 0 aromatic rings. The van der Waals surface area contributed by atoms with Crippen LogP contribution in [0.3, 0.4) is 0 Å². The Morgan fingerprint density at radius 2 is 1.49 bits per heavy atom. The van der Waals surface area contributed by atoms with Crippen LogP contribution in [0.25, 0.3) is 0 Å². The van der Waals surface area contributed by atoms with E-state index in [1.54, 1.807) is 0 Å². The van der Waals surface area contributed by atoms with E-state index in [0.717, 1.165) is 87.2 Å². The first-order chi connectivity index (χ1) is 25.3. The zero-order valence-corrected chi connectivity index (χ0v) is 35.4. The van der Waals surface area contributed by atoms with Crippen LogP contribution in [0.5, 0.6) is 0 Å². The molecule has 1 fully saturated rings. The van der Waals surface area contributed by atoms with Gasteiger partial charge in [0.25, 0.3) is 0 Å². The van der Waals surface area contributed by atoms with Crippen molar-refractivity contribution in [1.29, 1.82) is 0 Å². The molecule has 0 aliphatic heterocycles. The van der Waals surface area contributed by atoms with Crippen molar-refractivity contribution in [3.8, 4) is 0 Å². The molecule has 4 atom stereocenters. The van der Waals surface area contributed by atoms with Crippen molar-refractivity contribution in [2.45, 2.75) is 202 Å². The summed E-state index contributed by atoms with van der Waals surface area (Å²) in [6.45, 7) is 16.9. The van der Waals surface area contributed by atoms with E-state index in [2.05, 4.69) is 77.2 Å². The molecule has 0 aromatic carbocycles. The van der Waals surface area contributed by atoms with Crippen molar-refractivity contribution in [1.82, 2.24) is 0 Å². The van der Waals surface area contributed by atoms with Gasteiger partial charge in [0.15, 0.2) is 0 Å². The average molecular weight is 737 g/mol. The number of esters is 1. The van der Waals surface area contributed by atoms with Gasteiger partial charge in [-0.25, -0.2) is 0 Å². The molecule has 0 heterocycles. The van der Waals surface area contributed by atoms with E-state index in [1.807, 2.05) is 20.8 Å². The highest BCUT2D eigenvalue weighted by atomic mass is 16.5. The van der Waals surface area contributed by atoms with Crippen LogP contribution in [0.15, 0.2) is 70.4 Å². The molecule has 53 heavy (non-hydrogen) atoms. The molecule has 1 aliphatic rings. The van der Waals surface area contributed by atoms with E-state index < -0.39 is 17.1 Å². The quantitative estimate of drug-likeness (QED) is 0.0275. The standard InChI is InChI=1S/C48H80O5/c1-9-10-11-12-13-14-15-16-17-18-19-20-21-22-23-31-46(51)53-37-26-30-44-43(42(6)38-49)34-36-48(8,52)47(44,7)35-25-29-41(5)45(50)33-32-40(4)28-24-27-39(2)3/h13-14,16-17,27,29,32,38,44-45,50,52H,9-12,15,18-26,28,30-31,33-37H2,1-8H3. The molecule has 1 rings (SSSR count). The van der Waals surface area contributed by atoms with Crippen molar-refractivity contribution in [2.75, 3.05) is 6.61 Å². The highest BCUT2D eigenvalue weighted by molar-refractivity contribution is 5.74. The maximum atomic E-state index is 12.5. The molecule has 1 saturated carbocycles. The molecule has 0 radical (unpaired) electrons. The molecular weight excluding hydrogens is 657 g/mol. The second-order valence-electron chi connectivity index (χ2n) is 16.5. The second kappa shape index (κ2) is 28.0. The Bertz CT molecular complexity index is 1220. The summed E-state index contributed by atoms with van der Waals surface area (Å²) in [5, 5.41) is 22.7. The molecule has 302 valence electrons. The van der Waals surface area contributed by atoms with Crippen molar-refractivity contribution >= 4 is 12.3 Å². The third kappa shape index (κ3) is 20.1. The summed E-state index contributed by atoms with van der Waals surface area (Å²) in [7, 11) is 0. The van der Waals surface area contributed by atoms with Crippen molar-refractivity contribution in [3.63, 3.8) is 0 Å². The topological polar surface area (TPSA) is 83.8 Å². The lowest BCUT2D eigenvalue weighted by Gasteiger charge is -2.53. The summed E-state index contributed by atoms with van der Waals surface area (Å²) in [6, 6.07) is 0. The van der Waals surface area contributed by atoms with E-state index in [-0.39, 0.29) is 11.9 Å². The van der Waals surface area contributed by atoms with E-state index >= 15 is 0 Å². The van der Waals surface area contributed by atoms with Crippen LogP contribution in [0.1, 0.15) is 190 Å². The van der Waals surface area contributed by atoms with E-state index in [0.29, 0.717) is 38.7 Å². The Morgan fingerprint density at radius 1 is 0.830 bits per heavy atom. The average Bonchev–Trinajstić information content (AvgIpc) is 3.11. The highest BCUT2D eigenvalue weighted by Gasteiger charge is 2.52. The number of hydrogen-bond acceptors (Lipinski definition) is 5. The number of hydrogen-bond donors (Lipinski definition) is 2. The third-order valence-electron chi connectivity index (χ3n) is 11.7. The molecule has 0 saturated heterocycles. The number of allylic oxidation sites excluding steroid dienone is 10. The van der Waals surface area contributed by atoms with Gasteiger partial charge in [0.2, 0.25) is 0 Å². The van der Waals surface area contributed by atoms with Gasteiger partial charge in [-0.15, -0.1) is 0 Å². The summed E-state index contributed by atoms with van der Waals surface area (Å²) >= 11 is 0. The minimum atomic E-state index is -0.909. The largest absolute Gasteiger partial charge is 0.466 e. The van der Waals surface area contributed by atoms with Gasteiger partial charge in [-0.05, 0) is 155 Å². The van der Waals surface area contributed by atoms with Gasteiger partial charge in [0.1, 0.15) is 6.29 Å². The number of aliphatic hydroxyl groups is 2. The predicted molar refractivity (Wildman–Crippen MR) is 226 cm³/mol. The number of carbonyl (C=O) groups is 2. The minimum Gasteiger partial charge on any atom is -0.466 e. The van der Waals surface area contributed by atoms with Gasteiger partial charge >= 0.3 is 5.97 Å². The highest BCUT2D eigenvalue weighted by Crippen LogP contribution is 2.55. The zero-order chi connectivity index (χ0) is 39.5. The molecule has 5 heteroatoms. The second-order valence-corrected chi connectivity index (χ2v) is 16.5. The van der Waals surface area contributed by atoms with Gasteiger partial charge in [-0.1, -0.05) is 105 Å². The lowest BCUT2D eigenvalue weighted by atomic mass is 9.54. The van der Waals surface area contributed by atoms with Crippen molar-refractivity contribution < 1.29 is 24.5 Å². The van der Waals surface area contributed by atoms with Crippen LogP contribution in [0.2, 0.25) is 0 Å².